The molecule has 0 aliphatic heterocycles. The average Bonchev–Trinajstić information content (AvgIpc) is 2.90. The monoisotopic (exact) mass is 247 g/mol. The molecule has 1 aromatic heterocycles. The van der Waals surface area contributed by atoms with Crippen LogP contribution < -0.4 is 0 Å². The predicted octanol–water partition coefficient (Wildman–Crippen LogP) is 2.08. The zero-order valence-corrected chi connectivity index (χ0v) is 9.87. The van der Waals surface area contributed by atoms with Crippen LogP contribution in [0.2, 0.25) is 0 Å². The lowest BCUT2D eigenvalue weighted by atomic mass is 9.95. The van der Waals surface area contributed by atoms with Gasteiger partial charge in [0.05, 0.1) is 25.6 Å². The molecule has 5 nitrogen and oxygen atoms in total. The summed E-state index contributed by atoms with van der Waals surface area (Å²) >= 11 is 0. The fourth-order valence-corrected chi connectivity index (χ4v) is 1.71. The summed E-state index contributed by atoms with van der Waals surface area (Å²) in [6.45, 7) is 0. The van der Waals surface area contributed by atoms with Crippen LogP contribution in [0.1, 0.15) is 23.8 Å². The van der Waals surface area contributed by atoms with Gasteiger partial charge in [-0.2, -0.15) is 0 Å². The first-order valence-corrected chi connectivity index (χ1v) is 5.46. The maximum Gasteiger partial charge on any atom is 0.306 e. The third-order valence-electron chi connectivity index (χ3n) is 2.64. The molecule has 1 heterocycles. The number of phenols is 1. The summed E-state index contributed by atoms with van der Waals surface area (Å²) in [6, 6.07) is 6.57. The Hall–Kier alpha value is -2.30. The van der Waals surface area contributed by atoms with Crippen molar-refractivity contribution >= 4 is 5.97 Å². The molecule has 5 heteroatoms. The number of ether oxygens (including phenoxy) is 1. The summed E-state index contributed by atoms with van der Waals surface area (Å²) in [5.41, 5.74) is 0.834. The van der Waals surface area contributed by atoms with Crippen molar-refractivity contribution in [3.63, 3.8) is 0 Å². The number of aromatic hydroxyl groups is 1. The van der Waals surface area contributed by atoms with E-state index < -0.39 is 0 Å². The number of oxazole rings is 1. The third-order valence-corrected chi connectivity index (χ3v) is 2.64. The number of phenolic OH excluding ortho intramolecular Hbond substituents is 1. The van der Waals surface area contributed by atoms with Crippen LogP contribution in [0.4, 0.5) is 0 Å². The zero-order valence-electron chi connectivity index (χ0n) is 9.87. The number of hydrogen-bond donors (Lipinski definition) is 1. The molecule has 1 unspecified atom stereocenters. The summed E-state index contributed by atoms with van der Waals surface area (Å²) in [5.74, 6) is -0.0339. The zero-order chi connectivity index (χ0) is 13.0. The number of esters is 1. The van der Waals surface area contributed by atoms with Gasteiger partial charge in [0.1, 0.15) is 12.0 Å². The van der Waals surface area contributed by atoms with Crippen LogP contribution >= 0.6 is 0 Å². The van der Waals surface area contributed by atoms with Gasteiger partial charge in [-0.1, -0.05) is 12.1 Å². The Morgan fingerprint density at radius 3 is 2.72 bits per heavy atom. The van der Waals surface area contributed by atoms with Crippen molar-refractivity contribution in [1.82, 2.24) is 4.98 Å². The largest absolute Gasteiger partial charge is 0.508 e. The van der Waals surface area contributed by atoms with E-state index in [1.807, 2.05) is 0 Å². The van der Waals surface area contributed by atoms with Crippen molar-refractivity contribution in [2.75, 3.05) is 7.11 Å². The summed E-state index contributed by atoms with van der Waals surface area (Å²) < 4.78 is 9.91. The van der Waals surface area contributed by atoms with Gasteiger partial charge in [0, 0.05) is 0 Å². The molecule has 0 bridgehead atoms. The van der Waals surface area contributed by atoms with Crippen LogP contribution in [-0.4, -0.2) is 23.2 Å². The van der Waals surface area contributed by atoms with Crippen molar-refractivity contribution in [2.24, 2.45) is 0 Å². The molecule has 0 spiro atoms. The van der Waals surface area contributed by atoms with Crippen molar-refractivity contribution in [2.45, 2.75) is 12.3 Å². The molecule has 0 amide bonds. The first kappa shape index (κ1) is 12.2. The number of carbonyl (C=O) groups is 1. The predicted molar refractivity (Wildman–Crippen MR) is 63.1 cm³/mol. The number of carbonyl (C=O) groups excluding carboxylic acids is 1. The molecular weight excluding hydrogens is 234 g/mol. The van der Waals surface area contributed by atoms with E-state index in [1.165, 1.54) is 19.6 Å². The Kier molecular flexibility index (Phi) is 3.62. The van der Waals surface area contributed by atoms with Gasteiger partial charge in [0.2, 0.25) is 5.89 Å². The molecule has 2 rings (SSSR count). The number of methoxy groups -OCH3 is 1. The van der Waals surface area contributed by atoms with Gasteiger partial charge in [0.25, 0.3) is 0 Å². The van der Waals surface area contributed by atoms with Gasteiger partial charge in [-0.25, -0.2) is 4.98 Å². The number of benzene rings is 1. The number of rotatable bonds is 4. The maximum atomic E-state index is 11.4. The Morgan fingerprint density at radius 2 is 2.17 bits per heavy atom. The van der Waals surface area contributed by atoms with Crippen molar-refractivity contribution in [1.29, 1.82) is 0 Å². The van der Waals surface area contributed by atoms with Crippen molar-refractivity contribution < 1.29 is 19.1 Å². The third kappa shape index (κ3) is 2.68. The highest BCUT2D eigenvalue weighted by Gasteiger charge is 2.22. The van der Waals surface area contributed by atoms with E-state index in [9.17, 15) is 9.90 Å². The lowest BCUT2D eigenvalue weighted by molar-refractivity contribution is -0.140. The molecule has 0 fully saturated rings. The van der Waals surface area contributed by atoms with Gasteiger partial charge in [0.15, 0.2) is 0 Å². The SMILES string of the molecule is COC(=O)CC(c1ccc(O)cc1)c1ncco1. The summed E-state index contributed by atoms with van der Waals surface area (Å²) in [5, 5.41) is 9.27. The molecule has 1 aromatic carbocycles. The first-order chi connectivity index (χ1) is 8.70. The first-order valence-electron chi connectivity index (χ1n) is 5.46. The second-order valence-electron chi connectivity index (χ2n) is 3.79. The minimum absolute atomic E-state index is 0.141. The highest BCUT2D eigenvalue weighted by Crippen LogP contribution is 2.28. The second-order valence-corrected chi connectivity index (χ2v) is 3.79. The van der Waals surface area contributed by atoms with Crippen molar-refractivity contribution in [3.8, 4) is 5.75 Å². The van der Waals surface area contributed by atoms with E-state index in [2.05, 4.69) is 9.72 Å². The number of hydrogen-bond acceptors (Lipinski definition) is 5. The van der Waals surface area contributed by atoms with Crippen LogP contribution in [0.3, 0.4) is 0 Å². The standard InChI is InChI=1S/C13H13NO4/c1-17-12(16)8-11(13-14-6-7-18-13)9-2-4-10(15)5-3-9/h2-7,11,15H,8H2,1H3. The average molecular weight is 247 g/mol. The van der Waals surface area contributed by atoms with Crippen LogP contribution in [0, 0.1) is 0 Å². The topological polar surface area (TPSA) is 72.6 Å². The Morgan fingerprint density at radius 1 is 1.44 bits per heavy atom. The van der Waals surface area contributed by atoms with Crippen LogP contribution in [0.25, 0.3) is 0 Å². The van der Waals surface area contributed by atoms with Gasteiger partial charge >= 0.3 is 5.97 Å². The highest BCUT2D eigenvalue weighted by atomic mass is 16.5. The van der Waals surface area contributed by atoms with Gasteiger partial charge in [-0.05, 0) is 17.7 Å². The quantitative estimate of drug-likeness (QED) is 0.837. The highest BCUT2D eigenvalue weighted by molar-refractivity contribution is 5.71. The minimum atomic E-state index is -0.341. The molecule has 0 saturated heterocycles. The second kappa shape index (κ2) is 5.35. The Balaban J connectivity index is 2.30. The lowest BCUT2D eigenvalue weighted by Crippen LogP contribution is -2.10. The van der Waals surface area contributed by atoms with Crippen LogP contribution in [-0.2, 0) is 9.53 Å². The summed E-state index contributed by atoms with van der Waals surface area (Å²) in [4.78, 5) is 15.5. The van der Waals surface area contributed by atoms with E-state index in [4.69, 9.17) is 4.42 Å². The molecular formula is C13H13NO4. The van der Waals surface area contributed by atoms with Crippen LogP contribution in [0.5, 0.6) is 5.75 Å². The number of aromatic nitrogens is 1. The molecule has 18 heavy (non-hydrogen) atoms. The van der Waals surface area contributed by atoms with Crippen LogP contribution in [0.15, 0.2) is 41.1 Å². The summed E-state index contributed by atoms with van der Waals surface area (Å²) in [7, 11) is 1.34. The van der Waals surface area contributed by atoms with E-state index in [-0.39, 0.29) is 24.1 Å². The van der Waals surface area contributed by atoms with E-state index in [0.29, 0.717) is 5.89 Å². The van der Waals surface area contributed by atoms with E-state index >= 15 is 0 Å². The van der Waals surface area contributed by atoms with E-state index in [1.54, 1.807) is 24.3 Å². The molecule has 0 saturated carbocycles. The molecule has 1 atom stereocenters. The molecule has 0 aliphatic carbocycles. The fraction of sp³-hybridized carbons (Fsp3) is 0.231. The normalized spacial score (nSPS) is 12.1. The molecule has 94 valence electrons. The molecule has 0 aliphatic rings. The van der Waals surface area contributed by atoms with Gasteiger partial charge < -0.3 is 14.3 Å². The smallest absolute Gasteiger partial charge is 0.306 e. The summed E-state index contributed by atoms with van der Waals surface area (Å²) in [6.07, 6.45) is 3.13. The molecule has 1 N–H and O–H groups in total. The van der Waals surface area contributed by atoms with E-state index in [0.717, 1.165) is 5.56 Å². The molecule has 0 radical (unpaired) electrons. The number of nitrogens with zero attached hydrogens (tertiary/aromatic N) is 1. The van der Waals surface area contributed by atoms with Crippen molar-refractivity contribution in [3.05, 3.63) is 48.2 Å². The molecule has 2 aromatic rings. The minimum Gasteiger partial charge on any atom is -0.508 e. The Labute approximate surface area is 104 Å². The Bertz CT molecular complexity index is 504. The fourth-order valence-electron chi connectivity index (χ4n) is 1.71. The van der Waals surface area contributed by atoms with Gasteiger partial charge in [-0.3, -0.25) is 4.79 Å². The lowest BCUT2D eigenvalue weighted by Gasteiger charge is -2.12. The van der Waals surface area contributed by atoms with Gasteiger partial charge in [-0.15, -0.1) is 0 Å². The maximum absolute atomic E-state index is 11.4.